The number of rotatable bonds is 6. The summed E-state index contributed by atoms with van der Waals surface area (Å²) in [6.07, 6.45) is -3.75. The van der Waals surface area contributed by atoms with E-state index in [-0.39, 0.29) is 35.5 Å². The first-order chi connectivity index (χ1) is 12.7. The Hall–Kier alpha value is -1.08. The smallest absolute Gasteiger partial charge is 0.356 e. The molecule has 0 aliphatic carbocycles. The molecule has 0 aromatic heterocycles. The molecule has 1 fully saturated rings. The van der Waals surface area contributed by atoms with Gasteiger partial charge in [-0.2, -0.15) is 13.2 Å². The molecule has 0 amide bonds. The Morgan fingerprint density at radius 2 is 1.68 bits per heavy atom. The minimum absolute atomic E-state index is 0. The molecule has 1 aromatic rings. The number of aliphatic imine (C=N–C) groups is 1. The van der Waals surface area contributed by atoms with Gasteiger partial charge in [0.25, 0.3) is 0 Å². The van der Waals surface area contributed by atoms with Crippen LogP contribution in [-0.4, -0.2) is 70.6 Å². The van der Waals surface area contributed by atoms with Gasteiger partial charge in [0, 0.05) is 39.8 Å². The van der Waals surface area contributed by atoms with Crippen LogP contribution >= 0.6 is 24.0 Å². The van der Waals surface area contributed by atoms with Crippen molar-refractivity contribution in [2.24, 2.45) is 4.99 Å². The molecule has 0 radical (unpaired) electrons. The number of sulfone groups is 1. The van der Waals surface area contributed by atoms with Crippen LogP contribution in [0.4, 0.5) is 13.2 Å². The minimum atomic E-state index is -4.32. The van der Waals surface area contributed by atoms with Crippen LogP contribution in [0.15, 0.2) is 29.3 Å². The molecule has 0 saturated carbocycles. The Morgan fingerprint density at radius 1 is 1.11 bits per heavy atom. The van der Waals surface area contributed by atoms with Crippen LogP contribution in [0, 0.1) is 0 Å². The normalized spacial score (nSPS) is 17.6. The van der Waals surface area contributed by atoms with E-state index in [1.807, 2.05) is 0 Å². The van der Waals surface area contributed by atoms with Gasteiger partial charge in [0.1, 0.15) is 0 Å². The van der Waals surface area contributed by atoms with Gasteiger partial charge in [-0.25, -0.2) is 8.42 Å². The number of halogens is 4. The standard InChI is InChI=1S/C17H25F3N4O2S.HI/c1-21-16(23-8-9-24-10-12-27(25,26)13-11-24)22-7-6-14-2-4-15(5-3-14)17(18,19)20;/h2-5H,6-13H2,1H3,(H2,21,22,23);1H. The van der Waals surface area contributed by atoms with Gasteiger partial charge in [0.2, 0.25) is 0 Å². The molecule has 1 aromatic carbocycles. The van der Waals surface area contributed by atoms with Crippen molar-refractivity contribution in [2.75, 3.05) is 51.3 Å². The SMILES string of the molecule is CN=C(NCCc1ccc(C(F)(F)F)cc1)NCCN1CCS(=O)(=O)CC1.I. The quantitative estimate of drug-likeness (QED) is 0.331. The van der Waals surface area contributed by atoms with Gasteiger partial charge in [-0.1, -0.05) is 12.1 Å². The van der Waals surface area contributed by atoms with E-state index >= 15 is 0 Å². The molecule has 0 atom stereocenters. The summed E-state index contributed by atoms with van der Waals surface area (Å²) in [5, 5.41) is 6.27. The van der Waals surface area contributed by atoms with Crippen LogP contribution in [-0.2, 0) is 22.4 Å². The van der Waals surface area contributed by atoms with Crippen LogP contribution in [0.3, 0.4) is 0 Å². The molecule has 1 aliphatic heterocycles. The fourth-order valence-corrected chi connectivity index (χ4v) is 3.99. The third-order valence-electron chi connectivity index (χ3n) is 4.37. The van der Waals surface area contributed by atoms with Gasteiger partial charge >= 0.3 is 6.18 Å². The molecule has 0 spiro atoms. The first-order valence-electron chi connectivity index (χ1n) is 8.73. The van der Waals surface area contributed by atoms with Crippen molar-refractivity contribution in [3.63, 3.8) is 0 Å². The summed E-state index contributed by atoms with van der Waals surface area (Å²) in [7, 11) is -1.23. The van der Waals surface area contributed by atoms with Crippen molar-refractivity contribution in [3.8, 4) is 0 Å². The average molecular weight is 534 g/mol. The van der Waals surface area contributed by atoms with Gasteiger partial charge < -0.3 is 10.6 Å². The summed E-state index contributed by atoms with van der Waals surface area (Å²) in [6, 6.07) is 5.12. The molecule has 1 heterocycles. The van der Waals surface area contributed by atoms with E-state index in [0.717, 1.165) is 24.2 Å². The largest absolute Gasteiger partial charge is 0.416 e. The van der Waals surface area contributed by atoms with Crippen molar-refractivity contribution in [2.45, 2.75) is 12.6 Å². The van der Waals surface area contributed by atoms with E-state index in [1.165, 1.54) is 12.1 Å². The molecule has 2 N–H and O–H groups in total. The van der Waals surface area contributed by atoms with Crippen molar-refractivity contribution in [1.82, 2.24) is 15.5 Å². The molecule has 1 saturated heterocycles. The number of hydrogen-bond acceptors (Lipinski definition) is 4. The number of nitrogens with zero attached hydrogens (tertiary/aromatic N) is 2. The third kappa shape index (κ3) is 8.52. The molecule has 28 heavy (non-hydrogen) atoms. The second kappa shape index (κ2) is 11.2. The van der Waals surface area contributed by atoms with Gasteiger partial charge in [-0.3, -0.25) is 9.89 Å². The molecule has 0 bridgehead atoms. The molecule has 160 valence electrons. The number of benzene rings is 1. The Morgan fingerprint density at radius 3 is 2.21 bits per heavy atom. The molecule has 0 unspecified atom stereocenters. The van der Waals surface area contributed by atoms with E-state index < -0.39 is 21.6 Å². The highest BCUT2D eigenvalue weighted by Crippen LogP contribution is 2.29. The lowest BCUT2D eigenvalue weighted by atomic mass is 10.1. The number of alkyl halides is 3. The van der Waals surface area contributed by atoms with Gasteiger partial charge in [-0.15, -0.1) is 24.0 Å². The highest BCUT2D eigenvalue weighted by molar-refractivity contribution is 14.0. The van der Waals surface area contributed by atoms with E-state index in [1.54, 1.807) is 7.05 Å². The lowest BCUT2D eigenvalue weighted by Gasteiger charge is -2.26. The van der Waals surface area contributed by atoms with E-state index in [0.29, 0.717) is 38.6 Å². The van der Waals surface area contributed by atoms with E-state index in [4.69, 9.17) is 0 Å². The Bertz CT molecular complexity index is 726. The van der Waals surface area contributed by atoms with Gasteiger partial charge in [-0.05, 0) is 24.1 Å². The van der Waals surface area contributed by atoms with Crippen LogP contribution in [0.1, 0.15) is 11.1 Å². The topological polar surface area (TPSA) is 73.8 Å². The number of nitrogens with one attached hydrogen (secondary N) is 2. The third-order valence-corrected chi connectivity index (χ3v) is 5.98. The lowest BCUT2D eigenvalue weighted by Crippen LogP contribution is -2.46. The molecule has 2 rings (SSSR count). The first-order valence-corrected chi connectivity index (χ1v) is 10.6. The summed E-state index contributed by atoms with van der Waals surface area (Å²) in [5.74, 6) is 1.01. The zero-order chi connectivity index (χ0) is 19.9. The van der Waals surface area contributed by atoms with Crippen LogP contribution in [0.2, 0.25) is 0 Å². The maximum atomic E-state index is 12.5. The summed E-state index contributed by atoms with van der Waals surface area (Å²) >= 11 is 0. The van der Waals surface area contributed by atoms with Gasteiger partial charge in [0.05, 0.1) is 17.1 Å². The van der Waals surface area contributed by atoms with Crippen LogP contribution in [0.25, 0.3) is 0 Å². The predicted octanol–water partition coefficient (Wildman–Crippen LogP) is 1.76. The minimum Gasteiger partial charge on any atom is -0.356 e. The zero-order valence-corrected chi connectivity index (χ0v) is 18.8. The van der Waals surface area contributed by atoms with E-state index in [2.05, 4.69) is 20.5 Å². The fraction of sp³-hybridized carbons (Fsp3) is 0.588. The van der Waals surface area contributed by atoms with Crippen molar-refractivity contribution >= 4 is 39.8 Å². The maximum absolute atomic E-state index is 12.5. The Balaban J connectivity index is 0.00000392. The van der Waals surface area contributed by atoms with Crippen molar-refractivity contribution in [3.05, 3.63) is 35.4 Å². The van der Waals surface area contributed by atoms with Crippen LogP contribution in [0.5, 0.6) is 0 Å². The lowest BCUT2D eigenvalue weighted by molar-refractivity contribution is -0.137. The van der Waals surface area contributed by atoms with Gasteiger partial charge in [0.15, 0.2) is 15.8 Å². The highest BCUT2D eigenvalue weighted by atomic mass is 127. The molecular weight excluding hydrogens is 508 g/mol. The molecular formula is C17H26F3IN4O2S. The summed E-state index contributed by atoms with van der Waals surface area (Å²) in [5.41, 5.74) is 0.155. The first kappa shape index (κ1) is 25.0. The summed E-state index contributed by atoms with van der Waals surface area (Å²) in [6.45, 7) is 2.97. The molecule has 11 heteroatoms. The maximum Gasteiger partial charge on any atom is 0.416 e. The van der Waals surface area contributed by atoms with E-state index in [9.17, 15) is 21.6 Å². The Kier molecular flexibility index (Phi) is 9.98. The second-order valence-electron chi connectivity index (χ2n) is 6.36. The molecule has 1 aliphatic rings. The number of guanidine groups is 1. The number of hydrogen-bond donors (Lipinski definition) is 2. The van der Waals surface area contributed by atoms with Crippen molar-refractivity contribution < 1.29 is 21.6 Å². The zero-order valence-electron chi connectivity index (χ0n) is 15.6. The molecule has 6 nitrogen and oxygen atoms in total. The van der Waals surface area contributed by atoms with Crippen LogP contribution < -0.4 is 10.6 Å². The monoisotopic (exact) mass is 534 g/mol. The fourth-order valence-electron chi connectivity index (χ4n) is 2.71. The average Bonchev–Trinajstić information content (AvgIpc) is 2.61. The van der Waals surface area contributed by atoms with Crippen molar-refractivity contribution in [1.29, 1.82) is 0 Å². The predicted molar refractivity (Wildman–Crippen MR) is 115 cm³/mol. The summed E-state index contributed by atoms with van der Waals surface area (Å²) in [4.78, 5) is 6.19. The summed E-state index contributed by atoms with van der Waals surface area (Å²) < 4.78 is 60.4. The second-order valence-corrected chi connectivity index (χ2v) is 8.67. The highest BCUT2D eigenvalue weighted by Gasteiger charge is 2.29. The Labute approximate surface area is 180 Å².